The maximum Gasteiger partial charge on any atom is 0.0715 e. The van der Waals surface area contributed by atoms with Crippen molar-refractivity contribution < 1.29 is 0 Å². The van der Waals surface area contributed by atoms with E-state index in [2.05, 4.69) is 287 Å². The third-order valence-electron chi connectivity index (χ3n) is 18.3. The van der Waals surface area contributed by atoms with Gasteiger partial charge in [-0.25, -0.2) is 0 Å². The Labute approximate surface area is 507 Å². The summed E-state index contributed by atoms with van der Waals surface area (Å²) in [5.41, 5.74) is 29.4. The molecule has 0 radical (unpaired) electrons. The zero-order chi connectivity index (χ0) is 57.6. The first kappa shape index (κ1) is 54.4. The van der Waals surface area contributed by atoms with Crippen molar-refractivity contribution in [3.8, 4) is 52.9 Å². The Morgan fingerprint density at radius 2 is 0.494 bits per heavy atom. The molecule has 1 aliphatic rings. The lowest BCUT2D eigenvalue weighted by Gasteiger charge is -2.35. The largest absolute Gasteiger partial charge is 0.310 e. The van der Waals surface area contributed by atoms with Crippen LogP contribution in [0.3, 0.4) is 0 Å². The summed E-state index contributed by atoms with van der Waals surface area (Å²) in [7, 11) is 0. The highest BCUT2D eigenvalue weighted by Gasteiger charge is 2.47. The number of nitrogens with zero attached hydrogens (tertiary/aromatic N) is 2. The normalized spacial score (nSPS) is 12.4. The highest BCUT2D eigenvalue weighted by Crippen LogP contribution is 2.59. The highest BCUT2D eigenvalue weighted by atomic mass is 32.1. The third kappa shape index (κ3) is 9.09. The Balaban J connectivity index is 1.00. The standard InChI is InChI=1S/C77H68N2S4/c1-45-49(5)73(80-53(45)9)57-23-31-63(32-24-57)78(64-33-25-58(26-34-64)74-50(6)46(2)54(10)81-74)67-39-41-69-70-42-40-68(44-72(70)77(71(69)43-67,61-19-15-13-16-20-61)62-21-17-14-18-22-62)79(65-35-27-59(28-36-65)75-51(7)47(3)55(11)82-75)66-37-29-60(30-38-66)76-52(8)48(4)56(12)83-76/h13-44H,1-12H3. The number of anilines is 6. The van der Waals surface area contributed by atoms with Gasteiger partial charge < -0.3 is 9.80 Å². The summed E-state index contributed by atoms with van der Waals surface area (Å²) in [6.45, 7) is 27.0. The minimum absolute atomic E-state index is 0.685. The van der Waals surface area contributed by atoms with Gasteiger partial charge in [-0.3, -0.25) is 0 Å². The van der Waals surface area contributed by atoms with Crippen LogP contribution in [0.2, 0.25) is 0 Å². The van der Waals surface area contributed by atoms with Crippen LogP contribution in [0.15, 0.2) is 194 Å². The molecule has 0 atom stereocenters. The van der Waals surface area contributed by atoms with E-state index in [0.717, 1.165) is 34.1 Å². The first-order chi connectivity index (χ1) is 40.1. The molecule has 0 saturated heterocycles. The molecule has 83 heavy (non-hydrogen) atoms. The Bertz CT molecular complexity index is 3940. The lowest BCUT2D eigenvalue weighted by molar-refractivity contribution is 0.768. The van der Waals surface area contributed by atoms with Gasteiger partial charge in [0.1, 0.15) is 0 Å². The van der Waals surface area contributed by atoms with Crippen LogP contribution in [0.4, 0.5) is 34.1 Å². The molecule has 0 N–H and O–H groups in total. The summed E-state index contributed by atoms with van der Waals surface area (Å²) < 4.78 is 0. The van der Waals surface area contributed by atoms with E-state index in [1.807, 2.05) is 45.3 Å². The molecule has 410 valence electrons. The summed E-state index contributed by atoms with van der Waals surface area (Å²) in [6, 6.07) is 74.1. The average Bonchev–Trinajstić information content (AvgIpc) is 2.26. The van der Waals surface area contributed by atoms with Crippen molar-refractivity contribution in [1.82, 2.24) is 0 Å². The molecule has 0 saturated carbocycles. The van der Waals surface area contributed by atoms with Crippen molar-refractivity contribution in [2.75, 3.05) is 9.80 Å². The quantitative estimate of drug-likeness (QED) is 0.120. The molecule has 0 spiro atoms. The van der Waals surface area contributed by atoms with Crippen molar-refractivity contribution in [1.29, 1.82) is 0 Å². The lowest BCUT2D eigenvalue weighted by Crippen LogP contribution is -2.29. The Hall–Kier alpha value is -7.84. The van der Waals surface area contributed by atoms with Gasteiger partial charge in [0.2, 0.25) is 0 Å². The van der Waals surface area contributed by atoms with Gasteiger partial charge in [-0.15, -0.1) is 45.3 Å². The minimum atomic E-state index is -0.685. The number of hydrogen-bond donors (Lipinski definition) is 0. The van der Waals surface area contributed by atoms with Crippen LogP contribution in [-0.4, -0.2) is 0 Å². The van der Waals surface area contributed by atoms with Crippen molar-refractivity contribution >= 4 is 79.5 Å². The minimum Gasteiger partial charge on any atom is -0.310 e. The SMILES string of the molecule is Cc1sc(-c2ccc(N(c3ccc(-c4sc(C)c(C)c4C)cc3)c3ccc4c(c3)C(c3ccccc3)(c3ccccc3)c3cc(N(c5ccc(-c6sc(C)c(C)c6C)cc5)c5ccc(-c6sc(C)c(C)c6C)cc5)ccc3-4)cc2)c(C)c1C. The lowest BCUT2D eigenvalue weighted by atomic mass is 9.67. The maximum atomic E-state index is 2.50. The molecule has 13 rings (SSSR count). The van der Waals surface area contributed by atoms with Crippen LogP contribution in [0, 0.1) is 83.1 Å². The molecule has 0 amide bonds. The molecular formula is C77H68N2S4. The predicted octanol–water partition coefficient (Wildman–Crippen LogP) is 23.6. The molecule has 0 unspecified atom stereocenters. The summed E-state index contributed by atoms with van der Waals surface area (Å²) >= 11 is 7.58. The molecule has 0 bridgehead atoms. The van der Waals surface area contributed by atoms with Crippen LogP contribution in [-0.2, 0) is 5.41 Å². The van der Waals surface area contributed by atoms with E-state index in [0.29, 0.717) is 0 Å². The van der Waals surface area contributed by atoms with Crippen molar-refractivity contribution in [3.63, 3.8) is 0 Å². The van der Waals surface area contributed by atoms with Gasteiger partial charge >= 0.3 is 0 Å². The number of benzene rings is 8. The van der Waals surface area contributed by atoms with Gasteiger partial charge in [0, 0.05) is 73.1 Å². The fraction of sp³-hybridized carbons (Fsp3) is 0.169. The van der Waals surface area contributed by atoms with E-state index < -0.39 is 5.41 Å². The molecule has 1 aliphatic carbocycles. The van der Waals surface area contributed by atoms with Crippen LogP contribution in [0.25, 0.3) is 52.9 Å². The fourth-order valence-electron chi connectivity index (χ4n) is 12.7. The average molecular weight is 1150 g/mol. The number of aryl methyl sites for hydroxylation is 4. The second-order valence-electron chi connectivity index (χ2n) is 22.7. The van der Waals surface area contributed by atoms with E-state index in [4.69, 9.17) is 0 Å². The second-order valence-corrected chi connectivity index (χ2v) is 27.6. The van der Waals surface area contributed by atoms with Crippen molar-refractivity contribution in [2.24, 2.45) is 0 Å². The predicted molar refractivity (Wildman–Crippen MR) is 363 cm³/mol. The van der Waals surface area contributed by atoms with Gasteiger partial charge in [0.25, 0.3) is 0 Å². The Morgan fingerprint density at radius 3 is 0.723 bits per heavy atom. The summed E-state index contributed by atoms with van der Waals surface area (Å²) in [5, 5.41) is 0. The van der Waals surface area contributed by atoms with E-state index in [1.165, 1.54) is 139 Å². The smallest absolute Gasteiger partial charge is 0.0715 e. The van der Waals surface area contributed by atoms with Gasteiger partial charge in [-0.1, -0.05) is 121 Å². The summed E-state index contributed by atoms with van der Waals surface area (Å²) in [6.07, 6.45) is 0. The van der Waals surface area contributed by atoms with E-state index in [-0.39, 0.29) is 0 Å². The van der Waals surface area contributed by atoms with Gasteiger partial charge in [0.15, 0.2) is 0 Å². The molecule has 12 aromatic rings. The molecule has 4 aromatic heterocycles. The van der Waals surface area contributed by atoms with Gasteiger partial charge in [0.05, 0.1) is 5.41 Å². The van der Waals surface area contributed by atoms with Crippen LogP contribution >= 0.6 is 45.3 Å². The monoisotopic (exact) mass is 1150 g/mol. The van der Waals surface area contributed by atoms with Gasteiger partial charge in [-0.2, -0.15) is 0 Å². The molecule has 8 aromatic carbocycles. The molecule has 2 nitrogen and oxygen atoms in total. The number of fused-ring (bicyclic) bond motifs is 3. The molecule has 6 heteroatoms. The van der Waals surface area contributed by atoms with Crippen LogP contribution in [0.5, 0.6) is 0 Å². The molecular weight excluding hydrogens is 1080 g/mol. The maximum absolute atomic E-state index is 2.50. The zero-order valence-corrected chi connectivity index (χ0v) is 52.8. The molecule has 0 fully saturated rings. The topological polar surface area (TPSA) is 6.48 Å². The Kier molecular flexibility index (Phi) is 14.0. The third-order valence-corrected chi connectivity index (χ3v) is 23.8. The highest BCUT2D eigenvalue weighted by molar-refractivity contribution is 7.16. The van der Waals surface area contributed by atoms with E-state index in [9.17, 15) is 0 Å². The molecule has 0 aliphatic heterocycles. The van der Waals surface area contributed by atoms with Crippen LogP contribution in [0.1, 0.15) is 86.3 Å². The second kappa shape index (κ2) is 21.4. The number of rotatable bonds is 12. The van der Waals surface area contributed by atoms with Gasteiger partial charge in [-0.05, 0) is 256 Å². The van der Waals surface area contributed by atoms with Crippen molar-refractivity contribution in [2.45, 2.75) is 88.5 Å². The summed E-state index contributed by atoms with van der Waals surface area (Å²) in [5.74, 6) is 0. The van der Waals surface area contributed by atoms with Crippen molar-refractivity contribution in [3.05, 3.63) is 280 Å². The van der Waals surface area contributed by atoms with Crippen LogP contribution < -0.4 is 9.80 Å². The Morgan fingerprint density at radius 1 is 0.253 bits per heavy atom. The first-order valence-electron chi connectivity index (χ1n) is 28.8. The van der Waals surface area contributed by atoms with E-state index >= 15 is 0 Å². The fourth-order valence-corrected chi connectivity index (χ4v) is 17.4. The first-order valence-corrected chi connectivity index (χ1v) is 32.1. The zero-order valence-electron chi connectivity index (χ0n) is 49.5. The van der Waals surface area contributed by atoms with E-state index in [1.54, 1.807) is 0 Å². The summed E-state index contributed by atoms with van der Waals surface area (Å²) in [4.78, 5) is 15.8. The molecule has 4 heterocycles. The number of thiophene rings is 4. The number of hydrogen-bond acceptors (Lipinski definition) is 6.